The fraction of sp³-hybridized carbons (Fsp3) is 0.353. The van der Waals surface area contributed by atoms with E-state index < -0.39 is 10.0 Å². The van der Waals surface area contributed by atoms with E-state index in [9.17, 15) is 8.42 Å². The number of sulfonamides is 1. The highest BCUT2D eigenvalue weighted by molar-refractivity contribution is 7.89. The number of para-hydroxylation sites is 1. The standard InChI is InChI=1S/C17H21ClN2O3S/c1-12(2)15-6-4-5-7-16(15)23-9-8-20-24(21,22)14-10-13(3)17(18)19-11-14/h4-7,10-12,20H,8-9H2,1-3H3. The lowest BCUT2D eigenvalue weighted by molar-refractivity contribution is 0.318. The molecule has 7 heteroatoms. The molecular weight excluding hydrogens is 348 g/mol. The van der Waals surface area contributed by atoms with Crippen LogP contribution in [0, 0.1) is 6.92 Å². The summed E-state index contributed by atoms with van der Waals surface area (Å²) in [4.78, 5) is 3.96. The zero-order valence-electron chi connectivity index (χ0n) is 13.9. The molecule has 2 rings (SSSR count). The predicted octanol–water partition coefficient (Wildman–Crippen LogP) is 3.52. The number of ether oxygens (including phenoxy) is 1. The van der Waals surface area contributed by atoms with Crippen molar-refractivity contribution in [2.75, 3.05) is 13.2 Å². The van der Waals surface area contributed by atoms with Gasteiger partial charge in [-0.2, -0.15) is 0 Å². The molecule has 0 fully saturated rings. The van der Waals surface area contributed by atoms with Crippen LogP contribution in [0.2, 0.25) is 5.15 Å². The molecule has 1 aromatic heterocycles. The van der Waals surface area contributed by atoms with Gasteiger partial charge in [-0.25, -0.2) is 18.1 Å². The van der Waals surface area contributed by atoms with E-state index >= 15 is 0 Å². The fourth-order valence-electron chi connectivity index (χ4n) is 2.19. The molecule has 24 heavy (non-hydrogen) atoms. The van der Waals surface area contributed by atoms with Gasteiger partial charge in [0.2, 0.25) is 10.0 Å². The summed E-state index contributed by atoms with van der Waals surface area (Å²) < 4.78 is 32.7. The highest BCUT2D eigenvalue weighted by Crippen LogP contribution is 2.25. The third kappa shape index (κ3) is 4.69. The Kier molecular flexibility index (Phi) is 6.21. The van der Waals surface area contributed by atoms with Crippen molar-refractivity contribution in [3.63, 3.8) is 0 Å². The fourth-order valence-corrected chi connectivity index (χ4v) is 3.33. The van der Waals surface area contributed by atoms with Gasteiger partial charge in [0.05, 0.1) is 0 Å². The molecule has 0 saturated carbocycles. The van der Waals surface area contributed by atoms with Crippen LogP contribution in [-0.4, -0.2) is 26.6 Å². The summed E-state index contributed by atoms with van der Waals surface area (Å²) in [5, 5.41) is 0.294. The average molecular weight is 369 g/mol. The van der Waals surface area contributed by atoms with Crippen LogP contribution in [0.25, 0.3) is 0 Å². The van der Waals surface area contributed by atoms with E-state index in [1.807, 2.05) is 24.3 Å². The maximum atomic E-state index is 12.2. The minimum absolute atomic E-state index is 0.0898. The maximum absolute atomic E-state index is 12.2. The minimum Gasteiger partial charge on any atom is -0.492 e. The van der Waals surface area contributed by atoms with Crippen LogP contribution in [0.15, 0.2) is 41.4 Å². The van der Waals surface area contributed by atoms with Gasteiger partial charge in [0.25, 0.3) is 0 Å². The molecule has 1 N–H and O–H groups in total. The van der Waals surface area contributed by atoms with E-state index in [0.29, 0.717) is 16.6 Å². The molecule has 0 radical (unpaired) electrons. The number of halogens is 1. The number of hydrogen-bond acceptors (Lipinski definition) is 4. The Bertz CT molecular complexity index is 807. The van der Waals surface area contributed by atoms with Crippen molar-refractivity contribution in [3.05, 3.63) is 52.8 Å². The van der Waals surface area contributed by atoms with Gasteiger partial charge < -0.3 is 4.74 Å². The molecule has 0 unspecified atom stereocenters. The number of rotatable bonds is 7. The van der Waals surface area contributed by atoms with E-state index in [1.54, 1.807) is 6.92 Å². The van der Waals surface area contributed by atoms with Gasteiger partial charge in [0.15, 0.2) is 0 Å². The van der Waals surface area contributed by atoms with E-state index in [1.165, 1.54) is 12.3 Å². The number of nitrogens with one attached hydrogen (secondary N) is 1. The van der Waals surface area contributed by atoms with Crippen LogP contribution in [0.4, 0.5) is 0 Å². The van der Waals surface area contributed by atoms with Gasteiger partial charge in [-0.05, 0) is 36.1 Å². The summed E-state index contributed by atoms with van der Waals surface area (Å²) >= 11 is 5.82. The topological polar surface area (TPSA) is 68.3 Å². The third-order valence-electron chi connectivity index (χ3n) is 3.49. The van der Waals surface area contributed by atoms with E-state index in [0.717, 1.165) is 11.3 Å². The van der Waals surface area contributed by atoms with Gasteiger partial charge in [-0.3, -0.25) is 0 Å². The molecule has 1 aromatic carbocycles. The van der Waals surface area contributed by atoms with Crippen LogP contribution < -0.4 is 9.46 Å². The lowest BCUT2D eigenvalue weighted by atomic mass is 10.0. The predicted molar refractivity (Wildman–Crippen MR) is 95.2 cm³/mol. The molecule has 0 aliphatic heterocycles. The van der Waals surface area contributed by atoms with E-state index in [4.69, 9.17) is 16.3 Å². The van der Waals surface area contributed by atoms with Crippen molar-refractivity contribution in [1.82, 2.24) is 9.71 Å². The van der Waals surface area contributed by atoms with Crippen molar-refractivity contribution < 1.29 is 13.2 Å². The molecule has 1 heterocycles. The zero-order chi connectivity index (χ0) is 17.7. The van der Waals surface area contributed by atoms with Gasteiger partial charge in [0.1, 0.15) is 22.4 Å². The third-order valence-corrected chi connectivity index (χ3v) is 5.32. The summed E-state index contributed by atoms with van der Waals surface area (Å²) in [6.07, 6.45) is 1.24. The first kappa shape index (κ1) is 18.7. The molecule has 0 aliphatic rings. The second kappa shape index (κ2) is 7.96. The second-order valence-electron chi connectivity index (χ2n) is 5.72. The summed E-state index contributed by atoms with van der Waals surface area (Å²) in [5.74, 6) is 1.11. The Morgan fingerprint density at radius 1 is 1.29 bits per heavy atom. The van der Waals surface area contributed by atoms with Crippen molar-refractivity contribution in [2.45, 2.75) is 31.6 Å². The average Bonchev–Trinajstić information content (AvgIpc) is 2.54. The van der Waals surface area contributed by atoms with Crippen molar-refractivity contribution in [2.24, 2.45) is 0 Å². The van der Waals surface area contributed by atoms with E-state index in [2.05, 4.69) is 23.6 Å². The molecule has 130 valence electrons. The highest BCUT2D eigenvalue weighted by atomic mass is 35.5. The molecule has 0 bridgehead atoms. The maximum Gasteiger partial charge on any atom is 0.242 e. The summed E-state index contributed by atoms with van der Waals surface area (Å²) in [6.45, 7) is 6.28. The number of aryl methyl sites for hydroxylation is 1. The van der Waals surface area contributed by atoms with Gasteiger partial charge in [-0.15, -0.1) is 0 Å². The Hall–Kier alpha value is -1.63. The largest absolute Gasteiger partial charge is 0.492 e. The molecule has 0 atom stereocenters. The van der Waals surface area contributed by atoms with Crippen LogP contribution in [0.3, 0.4) is 0 Å². The number of aromatic nitrogens is 1. The normalized spacial score (nSPS) is 11.7. The second-order valence-corrected chi connectivity index (χ2v) is 7.84. The molecule has 2 aromatic rings. The highest BCUT2D eigenvalue weighted by Gasteiger charge is 2.15. The zero-order valence-corrected chi connectivity index (χ0v) is 15.5. The monoisotopic (exact) mass is 368 g/mol. The lowest BCUT2D eigenvalue weighted by Gasteiger charge is -2.14. The molecule has 5 nitrogen and oxygen atoms in total. The summed E-state index contributed by atoms with van der Waals surface area (Å²) in [5.41, 5.74) is 1.71. The summed E-state index contributed by atoms with van der Waals surface area (Å²) in [7, 11) is -3.63. The summed E-state index contributed by atoms with van der Waals surface area (Å²) in [6, 6.07) is 9.24. The first-order valence-corrected chi connectivity index (χ1v) is 9.51. The van der Waals surface area contributed by atoms with Crippen LogP contribution >= 0.6 is 11.6 Å². The van der Waals surface area contributed by atoms with Crippen molar-refractivity contribution in [1.29, 1.82) is 0 Å². The SMILES string of the molecule is Cc1cc(S(=O)(=O)NCCOc2ccccc2C(C)C)cnc1Cl. The Balaban J connectivity index is 1.95. The first-order chi connectivity index (χ1) is 11.3. The number of nitrogens with zero attached hydrogens (tertiary/aromatic N) is 1. The minimum atomic E-state index is -3.63. The van der Waals surface area contributed by atoms with Crippen LogP contribution in [0.1, 0.15) is 30.9 Å². The van der Waals surface area contributed by atoms with Crippen molar-refractivity contribution >= 4 is 21.6 Å². The Morgan fingerprint density at radius 2 is 2.00 bits per heavy atom. The first-order valence-electron chi connectivity index (χ1n) is 7.65. The Labute approximate surface area is 148 Å². The quantitative estimate of drug-likeness (QED) is 0.599. The van der Waals surface area contributed by atoms with Gasteiger partial charge in [-0.1, -0.05) is 43.6 Å². The lowest BCUT2D eigenvalue weighted by Crippen LogP contribution is -2.28. The van der Waals surface area contributed by atoms with Crippen molar-refractivity contribution in [3.8, 4) is 5.75 Å². The number of hydrogen-bond donors (Lipinski definition) is 1. The number of pyridine rings is 1. The molecule has 0 aliphatic carbocycles. The van der Waals surface area contributed by atoms with E-state index in [-0.39, 0.29) is 18.0 Å². The van der Waals surface area contributed by atoms with Crippen LogP contribution in [0.5, 0.6) is 5.75 Å². The smallest absolute Gasteiger partial charge is 0.242 e. The van der Waals surface area contributed by atoms with Gasteiger partial charge in [0, 0.05) is 12.7 Å². The molecule has 0 amide bonds. The number of benzene rings is 1. The molecule has 0 saturated heterocycles. The molecule has 0 spiro atoms. The molecular formula is C17H21ClN2O3S. The van der Waals surface area contributed by atoms with Crippen LogP contribution in [-0.2, 0) is 10.0 Å². The Morgan fingerprint density at radius 3 is 2.67 bits per heavy atom. The van der Waals surface area contributed by atoms with Gasteiger partial charge >= 0.3 is 0 Å².